The number of hydrogen-bond donors (Lipinski definition) is 0. The van der Waals surface area contributed by atoms with E-state index in [1.54, 1.807) is 0 Å². The zero-order chi connectivity index (χ0) is 8.60. The van der Waals surface area contributed by atoms with Crippen molar-refractivity contribution in [1.29, 1.82) is 0 Å². The van der Waals surface area contributed by atoms with E-state index in [0.717, 1.165) is 25.0 Å². The van der Waals surface area contributed by atoms with E-state index in [4.69, 9.17) is 4.74 Å². The normalized spacial score (nSPS) is 33.8. The molecule has 0 aromatic carbocycles. The van der Waals surface area contributed by atoms with E-state index in [0.29, 0.717) is 5.41 Å². The molecule has 1 heterocycles. The molecule has 0 N–H and O–H groups in total. The first kappa shape index (κ1) is 8.55. The highest BCUT2D eigenvalue weighted by Gasteiger charge is 2.47. The second kappa shape index (κ2) is 3.02. The van der Waals surface area contributed by atoms with E-state index in [2.05, 4.69) is 13.8 Å². The molecule has 1 saturated carbocycles. The third-order valence-corrected chi connectivity index (χ3v) is 4.03. The van der Waals surface area contributed by atoms with Gasteiger partial charge in [-0.15, -0.1) is 0 Å². The molecule has 1 spiro atoms. The van der Waals surface area contributed by atoms with Crippen LogP contribution in [0, 0.1) is 17.3 Å². The Morgan fingerprint density at radius 2 is 1.83 bits per heavy atom. The van der Waals surface area contributed by atoms with Crippen LogP contribution >= 0.6 is 0 Å². The van der Waals surface area contributed by atoms with Gasteiger partial charge in [0.15, 0.2) is 0 Å². The fourth-order valence-electron chi connectivity index (χ4n) is 3.16. The van der Waals surface area contributed by atoms with Crippen molar-refractivity contribution in [2.75, 3.05) is 13.2 Å². The minimum atomic E-state index is 0.715. The van der Waals surface area contributed by atoms with Crippen LogP contribution in [0.5, 0.6) is 0 Å². The lowest BCUT2D eigenvalue weighted by Gasteiger charge is -2.54. The van der Waals surface area contributed by atoms with Gasteiger partial charge in [0.1, 0.15) is 0 Å². The van der Waals surface area contributed by atoms with E-state index in [1.165, 1.54) is 25.7 Å². The SMILES string of the molecule is CC(C)C1CCC12CCOCC2. The summed E-state index contributed by atoms with van der Waals surface area (Å²) in [6.45, 7) is 6.79. The van der Waals surface area contributed by atoms with Crippen molar-refractivity contribution in [3.8, 4) is 0 Å². The molecule has 0 amide bonds. The topological polar surface area (TPSA) is 9.23 Å². The molecule has 12 heavy (non-hydrogen) atoms. The molecule has 0 radical (unpaired) electrons. The minimum Gasteiger partial charge on any atom is -0.381 e. The third kappa shape index (κ3) is 1.19. The maximum atomic E-state index is 5.43. The Bertz CT molecular complexity index is 156. The molecule has 1 saturated heterocycles. The number of rotatable bonds is 1. The molecule has 0 aromatic heterocycles. The molecule has 0 aromatic rings. The summed E-state index contributed by atoms with van der Waals surface area (Å²) in [5, 5.41) is 0. The largest absolute Gasteiger partial charge is 0.381 e. The molecule has 0 bridgehead atoms. The van der Waals surface area contributed by atoms with Gasteiger partial charge in [-0.2, -0.15) is 0 Å². The van der Waals surface area contributed by atoms with Crippen molar-refractivity contribution < 1.29 is 4.74 Å². The molecular weight excluding hydrogens is 148 g/mol. The zero-order valence-corrected chi connectivity index (χ0v) is 8.31. The standard InChI is InChI=1S/C11H20O/c1-9(2)10-3-4-11(10)5-7-12-8-6-11/h9-10H,3-8H2,1-2H3. The van der Waals surface area contributed by atoms with Gasteiger partial charge >= 0.3 is 0 Å². The van der Waals surface area contributed by atoms with Crippen LogP contribution in [0.2, 0.25) is 0 Å². The zero-order valence-electron chi connectivity index (χ0n) is 8.31. The van der Waals surface area contributed by atoms with Crippen molar-refractivity contribution >= 4 is 0 Å². The van der Waals surface area contributed by atoms with Gasteiger partial charge < -0.3 is 4.74 Å². The highest BCUT2D eigenvalue weighted by Crippen LogP contribution is 2.56. The molecule has 1 heteroatoms. The average molecular weight is 168 g/mol. The van der Waals surface area contributed by atoms with Crippen LogP contribution < -0.4 is 0 Å². The van der Waals surface area contributed by atoms with Gasteiger partial charge in [0.2, 0.25) is 0 Å². The Balaban J connectivity index is 2.00. The summed E-state index contributed by atoms with van der Waals surface area (Å²) in [5.41, 5.74) is 0.715. The summed E-state index contributed by atoms with van der Waals surface area (Å²) in [4.78, 5) is 0. The molecule has 2 aliphatic rings. The van der Waals surface area contributed by atoms with Gasteiger partial charge in [-0.3, -0.25) is 0 Å². The van der Waals surface area contributed by atoms with E-state index in [9.17, 15) is 0 Å². The minimum absolute atomic E-state index is 0.715. The Kier molecular flexibility index (Phi) is 2.16. The smallest absolute Gasteiger partial charge is 0.0471 e. The van der Waals surface area contributed by atoms with E-state index < -0.39 is 0 Å². The maximum Gasteiger partial charge on any atom is 0.0471 e. The van der Waals surface area contributed by atoms with Gasteiger partial charge in [-0.05, 0) is 42.9 Å². The summed E-state index contributed by atoms with van der Waals surface area (Å²) >= 11 is 0. The second-order valence-electron chi connectivity index (χ2n) is 4.86. The van der Waals surface area contributed by atoms with Gasteiger partial charge in [0.25, 0.3) is 0 Å². The fraction of sp³-hybridized carbons (Fsp3) is 1.00. The van der Waals surface area contributed by atoms with Crippen LogP contribution in [-0.4, -0.2) is 13.2 Å². The second-order valence-corrected chi connectivity index (χ2v) is 4.86. The highest BCUT2D eigenvalue weighted by molar-refractivity contribution is 4.97. The van der Waals surface area contributed by atoms with E-state index in [1.807, 2.05) is 0 Å². The van der Waals surface area contributed by atoms with Crippen LogP contribution in [0.4, 0.5) is 0 Å². The van der Waals surface area contributed by atoms with Crippen molar-refractivity contribution in [2.24, 2.45) is 17.3 Å². The summed E-state index contributed by atoms with van der Waals surface area (Å²) < 4.78 is 5.43. The van der Waals surface area contributed by atoms with Crippen molar-refractivity contribution in [3.63, 3.8) is 0 Å². The van der Waals surface area contributed by atoms with E-state index >= 15 is 0 Å². The lowest BCUT2D eigenvalue weighted by atomic mass is 9.53. The Morgan fingerprint density at radius 3 is 2.25 bits per heavy atom. The van der Waals surface area contributed by atoms with Gasteiger partial charge in [-0.25, -0.2) is 0 Å². The highest BCUT2D eigenvalue weighted by atomic mass is 16.5. The maximum absolute atomic E-state index is 5.43. The molecular formula is C11H20O. The van der Waals surface area contributed by atoms with Gasteiger partial charge in [-0.1, -0.05) is 13.8 Å². The Hall–Kier alpha value is -0.0400. The quantitative estimate of drug-likeness (QED) is 0.585. The first-order valence-corrected chi connectivity index (χ1v) is 5.32. The van der Waals surface area contributed by atoms with E-state index in [-0.39, 0.29) is 0 Å². The molecule has 1 aliphatic carbocycles. The molecule has 2 rings (SSSR count). The number of ether oxygens (including phenoxy) is 1. The molecule has 1 atom stereocenters. The lowest BCUT2D eigenvalue weighted by molar-refractivity contribution is -0.0921. The third-order valence-electron chi connectivity index (χ3n) is 4.03. The molecule has 1 nitrogen and oxygen atoms in total. The lowest BCUT2D eigenvalue weighted by Crippen LogP contribution is -2.46. The summed E-state index contributed by atoms with van der Waals surface area (Å²) in [7, 11) is 0. The molecule has 1 unspecified atom stereocenters. The van der Waals surface area contributed by atoms with Crippen molar-refractivity contribution in [1.82, 2.24) is 0 Å². The molecule has 70 valence electrons. The van der Waals surface area contributed by atoms with Crippen LogP contribution in [0.15, 0.2) is 0 Å². The van der Waals surface area contributed by atoms with Crippen LogP contribution in [0.1, 0.15) is 39.5 Å². The Labute approximate surface area is 75.5 Å². The van der Waals surface area contributed by atoms with Crippen LogP contribution in [0.3, 0.4) is 0 Å². The first-order valence-electron chi connectivity index (χ1n) is 5.32. The van der Waals surface area contributed by atoms with Gasteiger partial charge in [0.05, 0.1) is 0 Å². The van der Waals surface area contributed by atoms with Crippen molar-refractivity contribution in [3.05, 3.63) is 0 Å². The fourth-order valence-corrected chi connectivity index (χ4v) is 3.16. The predicted octanol–water partition coefficient (Wildman–Crippen LogP) is 2.85. The number of hydrogen-bond acceptors (Lipinski definition) is 1. The first-order chi connectivity index (χ1) is 5.75. The van der Waals surface area contributed by atoms with Gasteiger partial charge in [0, 0.05) is 13.2 Å². The predicted molar refractivity (Wildman–Crippen MR) is 50.0 cm³/mol. The summed E-state index contributed by atoms with van der Waals surface area (Å²) in [6, 6.07) is 0. The summed E-state index contributed by atoms with van der Waals surface area (Å²) in [6.07, 6.45) is 5.60. The van der Waals surface area contributed by atoms with Crippen LogP contribution in [0.25, 0.3) is 0 Å². The van der Waals surface area contributed by atoms with Crippen LogP contribution in [-0.2, 0) is 4.74 Å². The molecule has 2 fully saturated rings. The van der Waals surface area contributed by atoms with Crippen molar-refractivity contribution in [2.45, 2.75) is 39.5 Å². The monoisotopic (exact) mass is 168 g/mol. The Morgan fingerprint density at radius 1 is 1.17 bits per heavy atom. The molecule has 1 aliphatic heterocycles. The summed E-state index contributed by atoms with van der Waals surface area (Å²) in [5.74, 6) is 1.89. The average Bonchev–Trinajstić information content (AvgIpc) is 2.03.